The maximum atomic E-state index is 12.9. The van der Waals surface area contributed by atoms with Crippen molar-refractivity contribution < 1.29 is 4.79 Å². The highest BCUT2D eigenvalue weighted by molar-refractivity contribution is 6.02. The highest BCUT2D eigenvalue weighted by Gasteiger charge is 2.19. The summed E-state index contributed by atoms with van der Waals surface area (Å²) in [6, 6.07) is 17.7. The molecule has 6 nitrogen and oxygen atoms in total. The number of aryl methyl sites for hydroxylation is 1. The monoisotopic (exact) mass is 345 g/mol. The number of aromatic nitrogens is 4. The third-order valence-corrected chi connectivity index (χ3v) is 4.46. The van der Waals surface area contributed by atoms with Crippen molar-refractivity contribution >= 4 is 16.9 Å². The number of nitrogens with zero attached hydrogens (tertiary/aromatic N) is 4. The molecule has 2 aromatic carbocycles. The average molecular weight is 345 g/mol. The fraction of sp³-hybridized carbons (Fsp3) is 0.150. The summed E-state index contributed by atoms with van der Waals surface area (Å²) in [4.78, 5) is 17.1. The summed E-state index contributed by atoms with van der Waals surface area (Å²) in [6.07, 6.45) is 1.61. The normalized spacial score (nSPS) is 11.0. The molecule has 0 aliphatic carbocycles. The summed E-state index contributed by atoms with van der Waals surface area (Å²) in [6.45, 7) is 4.41. The van der Waals surface area contributed by atoms with Gasteiger partial charge in [-0.2, -0.15) is 5.10 Å². The maximum absolute atomic E-state index is 12.9. The minimum atomic E-state index is -0.192. The molecule has 0 aliphatic rings. The zero-order valence-corrected chi connectivity index (χ0v) is 14.7. The molecule has 2 heterocycles. The number of imidazole rings is 1. The Bertz CT molecular complexity index is 1080. The predicted molar refractivity (Wildman–Crippen MR) is 101 cm³/mol. The second-order valence-electron chi connectivity index (χ2n) is 6.23. The molecule has 1 amide bonds. The first kappa shape index (κ1) is 16.1. The van der Waals surface area contributed by atoms with E-state index in [-0.39, 0.29) is 5.91 Å². The number of nitrogens with one attached hydrogen (secondary N) is 1. The van der Waals surface area contributed by atoms with E-state index in [9.17, 15) is 4.79 Å². The smallest absolute Gasteiger partial charge is 0.267 e. The van der Waals surface area contributed by atoms with Crippen molar-refractivity contribution in [3.05, 3.63) is 83.4 Å². The SMILES string of the molecule is Cc1nn(Cc2ccccc2)c(C)c1C(=O)Nn1cnc2ccccc21. The molecule has 0 spiro atoms. The van der Waals surface area contributed by atoms with E-state index in [0.717, 1.165) is 22.3 Å². The molecule has 0 aliphatic heterocycles. The van der Waals surface area contributed by atoms with Gasteiger partial charge in [-0.05, 0) is 31.5 Å². The molecule has 0 fully saturated rings. The number of carbonyl (C=O) groups excluding carboxylic acids is 1. The molecular weight excluding hydrogens is 326 g/mol. The van der Waals surface area contributed by atoms with E-state index in [1.807, 2.05) is 73.1 Å². The van der Waals surface area contributed by atoms with Gasteiger partial charge in [-0.1, -0.05) is 42.5 Å². The molecule has 0 saturated heterocycles. The molecule has 130 valence electrons. The number of fused-ring (bicyclic) bond motifs is 1. The quantitative estimate of drug-likeness (QED) is 0.617. The lowest BCUT2D eigenvalue weighted by Crippen LogP contribution is -2.23. The summed E-state index contributed by atoms with van der Waals surface area (Å²) < 4.78 is 3.51. The molecule has 0 radical (unpaired) electrons. The minimum Gasteiger partial charge on any atom is -0.267 e. The topological polar surface area (TPSA) is 64.7 Å². The molecule has 0 unspecified atom stereocenters. The van der Waals surface area contributed by atoms with E-state index in [4.69, 9.17) is 0 Å². The zero-order chi connectivity index (χ0) is 18.1. The summed E-state index contributed by atoms with van der Waals surface area (Å²) in [7, 11) is 0. The maximum Gasteiger partial charge on any atom is 0.273 e. The van der Waals surface area contributed by atoms with Crippen LogP contribution in [0.25, 0.3) is 11.0 Å². The van der Waals surface area contributed by atoms with E-state index in [2.05, 4.69) is 15.5 Å². The lowest BCUT2D eigenvalue weighted by Gasteiger charge is -2.08. The van der Waals surface area contributed by atoms with Crippen LogP contribution in [-0.4, -0.2) is 25.3 Å². The van der Waals surface area contributed by atoms with E-state index < -0.39 is 0 Å². The van der Waals surface area contributed by atoms with Gasteiger partial charge >= 0.3 is 0 Å². The minimum absolute atomic E-state index is 0.192. The van der Waals surface area contributed by atoms with Gasteiger partial charge in [0.2, 0.25) is 0 Å². The molecule has 2 aromatic heterocycles. The largest absolute Gasteiger partial charge is 0.273 e. The third kappa shape index (κ3) is 2.86. The first-order chi connectivity index (χ1) is 12.6. The third-order valence-electron chi connectivity index (χ3n) is 4.46. The van der Waals surface area contributed by atoms with Crippen LogP contribution >= 0.6 is 0 Å². The van der Waals surface area contributed by atoms with Gasteiger partial charge in [-0.3, -0.25) is 14.9 Å². The van der Waals surface area contributed by atoms with Crippen molar-refractivity contribution in [3.63, 3.8) is 0 Å². The van der Waals surface area contributed by atoms with Gasteiger partial charge in [0, 0.05) is 5.69 Å². The first-order valence-electron chi connectivity index (χ1n) is 8.45. The van der Waals surface area contributed by atoms with Gasteiger partial charge in [0.15, 0.2) is 0 Å². The highest BCUT2D eigenvalue weighted by Crippen LogP contribution is 2.16. The van der Waals surface area contributed by atoms with Gasteiger partial charge in [-0.25, -0.2) is 9.66 Å². The number of carbonyl (C=O) groups is 1. The van der Waals surface area contributed by atoms with Gasteiger partial charge in [-0.15, -0.1) is 0 Å². The number of benzene rings is 2. The Labute approximate surface area is 151 Å². The van der Waals surface area contributed by atoms with Gasteiger partial charge < -0.3 is 0 Å². The van der Waals surface area contributed by atoms with Crippen molar-refractivity contribution in [1.82, 2.24) is 19.4 Å². The summed E-state index contributed by atoms with van der Waals surface area (Å²) in [5.74, 6) is -0.192. The van der Waals surface area contributed by atoms with E-state index >= 15 is 0 Å². The summed E-state index contributed by atoms with van der Waals surface area (Å²) >= 11 is 0. The number of amides is 1. The van der Waals surface area contributed by atoms with E-state index in [0.29, 0.717) is 17.8 Å². The first-order valence-corrected chi connectivity index (χ1v) is 8.45. The highest BCUT2D eigenvalue weighted by atomic mass is 16.2. The molecule has 4 aromatic rings. The Morgan fingerprint density at radius 2 is 1.77 bits per heavy atom. The number of para-hydroxylation sites is 2. The van der Waals surface area contributed by atoms with Gasteiger partial charge in [0.1, 0.15) is 6.33 Å². The van der Waals surface area contributed by atoms with Crippen LogP contribution in [0, 0.1) is 13.8 Å². The van der Waals surface area contributed by atoms with Crippen molar-refractivity contribution in [2.45, 2.75) is 20.4 Å². The number of hydrogen-bond acceptors (Lipinski definition) is 3. The Hall–Kier alpha value is -3.41. The lowest BCUT2D eigenvalue weighted by molar-refractivity contribution is 0.101. The van der Waals surface area contributed by atoms with Crippen LogP contribution in [0.15, 0.2) is 60.9 Å². The zero-order valence-electron chi connectivity index (χ0n) is 14.7. The van der Waals surface area contributed by atoms with E-state index in [1.165, 1.54) is 0 Å². The van der Waals surface area contributed by atoms with Crippen molar-refractivity contribution in [2.75, 3.05) is 5.43 Å². The molecule has 0 saturated carbocycles. The Balaban J connectivity index is 1.62. The summed E-state index contributed by atoms with van der Waals surface area (Å²) in [5.41, 5.74) is 7.88. The van der Waals surface area contributed by atoms with Gasteiger partial charge in [0.05, 0.1) is 28.8 Å². The van der Waals surface area contributed by atoms with Crippen LogP contribution in [0.4, 0.5) is 0 Å². The Kier molecular flexibility index (Phi) is 4.01. The average Bonchev–Trinajstić information content (AvgIpc) is 3.17. The van der Waals surface area contributed by atoms with Crippen LogP contribution in [0.1, 0.15) is 27.3 Å². The standard InChI is InChI=1S/C20H19N5O/c1-14-19(15(2)24(22-14)12-16-8-4-3-5-9-16)20(26)23-25-13-21-17-10-6-7-11-18(17)25/h3-11,13H,12H2,1-2H3,(H,23,26). The predicted octanol–water partition coefficient (Wildman–Crippen LogP) is 3.28. The van der Waals surface area contributed by atoms with Crippen molar-refractivity contribution in [1.29, 1.82) is 0 Å². The number of hydrogen-bond donors (Lipinski definition) is 1. The van der Waals surface area contributed by atoms with Gasteiger partial charge in [0.25, 0.3) is 5.91 Å². The lowest BCUT2D eigenvalue weighted by atomic mass is 10.2. The fourth-order valence-electron chi connectivity index (χ4n) is 3.15. The second-order valence-corrected chi connectivity index (χ2v) is 6.23. The molecule has 0 atom stereocenters. The molecule has 1 N–H and O–H groups in total. The van der Waals surface area contributed by atoms with E-state index in [1.54, 1.807) is 11.0 Å². The summed E-state index contributed by atoms with van der Waals surface area (Å²) in [5, 5.41) is 4.55. The molecule has 0 bridgehead atoms. The van der Waals surface area contributed by atoms with Crippen LogP contribution in [0.3, 0.4) is 0 Å². The van der Waals surface area contributed by atoms with Crippen molar-refractivity contribution in [2.24, 2.45) is 0 Å². The Morgan fingerprint density at radius 1 is 1.04 bits per heavy atom. The molecule has 26 heavy (non-hydrogen) atoms. The van der Waals surface area contributed by atoms with Crippen molar-refractivity contribution in [3.8, 4) is 0 Å². The van der Waals surface area contributed by atoms with Crippen LogP contribution < -0.4 is 5.43 Å². The molecule has 4 rings (SSSR count). The van der Waals surface area contributed by atoms with Crippen LogP contribution in [0.2, 0.25) is 0 Å². The van der Waals surface area contributed by atoms with Crippen LogP contribution in [0.5, 0.6) is 0 Å². The molecular formula is C20H19N5O. The fourth-order valence-corrected chi connectivity index (χ4v) is 3.15. The second kappa shape index (κ2) is 6.48. The molecule has 6 heteroatoms. The van der Waals surface area contributed by atoms with Crippen LogP contribution in [-0.2, 0) is 6.54 Å². The Morgan fingerprint density at radius 3 is 2.58 bits per heavy atom. The number of rotatable bonds is 4.